The van der Waals surface area contributed by atoms with E-state index >= 15 is 0 Å². The summed E-state index contributed by atoms with van der Waals surface area (Å²) in [4.78, 5) is 16.7. The molecular weight excluding hydrogens is 343 g/mol. The number of hydrogen-bond acceptors (Lipinski definition) is 3. The van der Waals surface area contributed by atoms with Crippen LogP contribution in [0.25, 0.3) is 0 Å². The number of piperidine rings is 1. The molecule has 2 aliphatic rings. The maximum absolute atomic E-state index is 14.0. The molecule has 0 aromatic heterocycles. The minimum absolute atomic E-state index is 0.0486. The Morgan fingerprint density at radius 3 is 2.59 bits per heavy atom. The highest BCUT2D eigenvalue weighted by Crippen LogP contribution is 2.47. The van der Waals surface area contributed by atoms with Gasteiger partial charge in [-0.2, -0.15) is 0 Å². The van der Waals surface area contributed by atoms with Gasteiger partial charge < -0.3 is 9.64 Å². The van der Waals surface area contributed by atoms with E-state index in [-0.39, 0.29) is 23.7 Å². The van der Waals surface area contributed by atoms with Crippen molar-refractivity contribution in [1.82, 2.24) is 4.90 Å². The molecule has 1 saturated heterocycles. The SMILES string of the molecule is COCC(=O)N1CC2(CCN(Cc3ccccc3)CC2)c2cc(F)ccc21. The summed E-state index contributed by atoms with van der Waals surface area (Å²) < 4.78 is 19.0. The van der Waals surface area contributed by atoms with Crippen molar-refractivity contribution >= 4 is 11.6 Å². The summed E-state index contributed by atoms with van der Waals surface area (Å²) in [6.07, 6.45) is 1.85. The number of fused-ring (bicyclic) bond motifs is 2. The van der Waals surface area contributed by atoms with Gasteiger partial charge in [0.2, 0.25) is 0 Å². The van der Waals surface area contributed by atoms with Gasteiger partial charge >= 0.3 is 0 Å². The van der Waals surface area contributed by atoms with Gasteiger partial charge in [-0.15, -0.1) is 0 Å². The zero-order valence-corrected chi connectivity index (χ0v) is 15.7. The summed E-state index contributed by atoms with van der Waals surface area (Å²) in [7, 11) is 1.53. The first kappa shape index (κ1) is 18.1. The summed E-state index contributed by atoms with van der Waals surface area (Å²) in [5.41, 5.74) is 2.97. The number of hydrogen-bond donors (Lipinski definition) is 0. The Balaban J connectivity index is 1.54. The van der Waals surface area contributed by atoms with Crippen LogP contribution in [-0.2, 0) is 21.5 Å². The number of benzene rings is 2. The number of anilines is 1. The van der Waals surface area contributed by atoms with Crippen molar-refractivity contribution < 1.29 is 13.9 Å². The molecule has 2 aromatic carbocycles. The van der Waals surface area contributed by atoms with Crippen LogP contribution in [-0.4, -0.2) is 44.2 Å². The summed E-state index contributed by atoms with van der Waals surface area (Å²) >= 11 is 0. The van der Waals surface area contributed by atoms with Crippen molar-refractivity contribution in [3.8, 4) is 0 Å². The van der Waals surface area contributed by atoms with Gasteiger partial charge in [-0.1, -0.05) is 30.3 Å². The standard InChI is InChI=1S/C22H25FN2O2/c1-27-15-21(26)25-16-22(19-13-18(23)7-8-20(19)25)9-11-24(12-10-22)14-17-5-3-2-4-6-17/h2-8,13H,9-12,14-16H2,1H3. The number of carbonyl (C=O) groups is 1. The van der Waals surface area contributed by atoms with Crippen molar-refractivity contribution in [2.75, 3.05) is 38.3 Å². The van der Waals surface area contributed by atoms with Crippen molar-refractivity contribution in [2.24, 2.45) is 0 Å². The van der Waals surface area contributed by atoms with Crippen LogP contribution in [0.3, 0.4) is 0 Å². The van der Waals surface area contributed by atoms with Crippen LogP contribution in [0, 0.1) is 5.82 Å². The molecule has 0 saturated carbocycles. The quantitative estimate of drug-likeness (QED) is 0.830. The van der Waals surface area contributed by atoms with Crippen LogP contribution in [0.1, 0.15) is 24.0 Å². The van der Waals surface area contributed by atoms with E-state index in [0.29, 0.717) is 6.54 Å². The van der Waals surface area contributed by atoms with E-state index in [4.69, 9.17) is 4.74 Å². The second-order valence-corrected chi connectivity index (χ2v) is 7.62. The third-order valence-electron chi connectivity index (χ3n) is 5.91. The lowest BCUT2D eigenvalue weighted by Gasteiger charge is -2.40. The Kier molecular flexibility index (Phi) is 4.98. The molecule has 0 N–H and O–H groups in total. The molecule has 0 atom stereocenters. The molecule has 27 heavy (non-hydrogen) atoms. The van der Waals surface area contributed by atoms with Crippen LogP contribution >= 0.6 is 0 Å². The minimum Gasteiger partial charge on any atom is -0.375 e. The van der Waals surface area contributed by atoms with Crippen LogP contribution < -0.4 is 4.90 Å². The highest BCUT2D eigenvalue weighted by atomic mass is 19.1. The summed E-state index contributed by atoms with van der Waals surface area (Å²) in [5, 5.41) is 0. The monoisotopic (exact) mass is 368 g/mol. The number of rotatable bonds is 4. The number of carbonyl (C=O) groups excluding carboxylic acids is 1. The second-order valence-electron chi connectivity index (χ2n) is 7.62. The smallest absolute Gasteiger partial charge is 0.252 e. The minimum atomic E-state index is -0.235. The van der Waals surface area contributed by atoms with Crippen LogP contribution in [0.4, 0.5) is 10.1 Å². The zero-order chi connectivity index (χ0) is 18.9. The Hall–Kier alpha value is -2.24. The number of ether oxygens (including phenoxy) is 1. The first-order valence-corrected chi connectivity index (χ1v) is 9.47. The fourth-order valence-electron chi connectivity index (χ4n) is 4.47. The first-order chi connectivity index (χ1) is 13.1. The molecule has 4 nitrogen and oxygen atoms in total. The van der Waals surface area contributed by atoms with Gasteiger partial charge in [0.15, 0.2) is 0 Å². The van der Waals surface area contributed by atoms with Gasteiger partial charge in [0, 0.05) is 31.3 Å². The van der Waals surface area contributed by atoms with Crippen LogP contribution in [0.2, 0.25) is 0 Å². The third kappa shape index (κ3) is 3.49. The molecule has 4 rings (SSSR count). The molecule has 2 aliphatic heterocycles. The van der Waals surface area contributed by atoms with E-state index in [1.807, 2.05) is 6.07 Å². The summed E-state index contributed by atoms with van der Waals surface area (Å²) in [5.74, 6) is -0.296. The normalized spacial score (nSPS) is 18.7. The topological polar surface area (TPSA) is 32.8 Å². The molecule has 0 unspecified atom stereocenters. The van der Waals surface area contributed by atoms with Gasteiger partial charge in [0.05, 0.1) is 0 Å². The van der Waals surface area contributed by atoms with E-state index in [1.165, 1.54) is 18.7 Å². The number of likely N-dealkylation sites (tertiary alicyclic amines) is 1. The van der Waals surface area contributed by atoms with E-state index < -0.39 is 0 Å². The molecule has 1 amide bonds. The lowest BCUT2D eigenvalue weighted by atomic mass is 9.74. The predicted octanol–water partition coefficient (Wildman–Crippen LogP) is 3.35. The number of nitrogens with zero attached hydrogens (tertiary/aromatic N) is 2. The van der Waals surface area contributed by atoms with Gasteiger partial charge in [-0.25, -0.2) is 4.39 Å². The lowest BCUT2D eigenvalue weighted by molar-refractivity contribution is -0.122. The highest BCUT2D eigenvalue weighted by Gasteiger charge is 2.46. The Morgan fingerprint density at radius 2 is 1.89 bits per heavy atom. The molecule has 2 heterocycles. The highest BCUT2D eigenvalue weighted by molar-refractivity contribution is 5.97. The van der Waals surface area contributed by atoms with Gasteiger partial charge in [0.25, 0.3) is 5.91 Å². The van der Waals surface area contributed by atoms with E-state index in [0.717, 1.165) is 43.7 Å². The molecule has 1 spiro atoms. The lowest BCUT2D eigenvalue weighted by Crippen LogP contribution is -2.46. The zero-order valence-electron chi connectivity index (χ0n) is 15.7. The van der Waals surface area contributed by atoms with Crippen molar-refractivity contribution in [2.45, 2.75) is 24.8 Å². The fraction of sp³-hybridized carbons (Fsp3) is 0.409. The molecule has 1 fully saturated rings. The van der Waals surface area contributed by atoms with Gasteiger partial charge in [0.1, 0.15) is 12.4 Å². The van der Waals surface area contributed by atoms with Crippen molar-refractivity contribution in [1.29, 1.82) is 0 Å². The number of amides is 1. The maximum atomic E-state index is 14.0. The number of methoxy groups -OCH3 is 1. The molecule has 142 valence electrons. The maximum Gasteiger partial charge on any atom is 0.252 e. The number of halogens is 1. The van der Waals surface area contributed by atoms with Crippen molar-refractivity contribution in [3.63, 3.8) is 0 Å². The average molecular weight is 368 g/mol. The van der Waals surface area contributed by atoms with Gasteiger partial charge in [-0.3, -0.25) is 9.69 Å². The molecular formula is C22H25FN2O2. The third-order valence-corrected chi connectivity index (χ3v) is 5.91. The molecule has 0 radical (unpaired) electrons. The van der Waals surface area contributed by atoms with E-state index in [2.05, 4.69) is 29.2 Å². The average Bonchev–Trinajstić information content (AvgIpc) is 2.99. The predicted molar refractivity (Wildman–Crippen MR) is 103 cm³/mol. The fourth-order valence-corrected chi connectivity index (χ4v) is 4.47. The Morgan fingerprint density at radius 1 is 1.15 bits per heavy atom. The Labute approximate surface area is 159 Å². The van der Waals surface area contributed by atoms with Crippen LogP contribution in [0.15, 0.2) is 48.5 Å². The summed E-state index contributed by atoms with van der Waals surface area (Å²) in [6.45, 7) is 3.48. The second kappa shape index (κ2) is 7.41. The molecule has 0 bridgehead atoms. The van der Waals surface area contributed by atoms with E-state index in [1.54, 1.807) is 17.0 Å². The molecule has 0 aliphatic carbocycles. The largest absolute Gasteiger partial charge is 0.375 e. The van der Waals surface area contributed by atoms with Crippen LogP contribution in [0.5, 0.6) is 0 Å². The molecule has 2 aromatic rings. The van der Waals surface area contributed by atoms with Crippen molar-refractivity contribution in [3.05, 3.63) is 65.5 Å². The van der Waals surface area contributed by atoms with Gasteiger partial charge in [-0.05, 0) is 55.3 Å². The molecule has 5 heteroatoms. The van der Waals surface area contributed by atoms with E-state index in [9.17, 15) is 9.18 Å². The Bertz CT molecular complexity index is 816. The summed E-state index contributed by atoms with van der Waals surface area (Å²) in [6, 6.07) is 15.3. The first-order valence-electron chi connectivity index (χ1n) is 9.47.